The van der Waals surface area contributed by atoms with E-state index in [4.69, 9.17) is 14.2 Å². The van der Waals surface area contributed by atoms with E-state index < -0.39 is 0 Å². The number of nitrogens with zero attached hydrogens (tertiary/aromatic N) is 2. The molecule has 2 aromatic carbocycles. The second-order valence-electron chi connectivity index (χ2n) is 5.16. The van der Waals surface area contributed by atoms with Gasteiger partial charge < -0.3 is 19.5 Å². The first kappa shape index (κ1) is 16.6. The van der Waals surface area contributed by atoms with Gasteiger partial charge in [0.15, 0.2) is 0 Å². The highest BCUT2D eigenvalue weighted by molar-refractivity contribution is 5.45. The molecule has 0 saturated carbocycles. The number of methoxy groups -OCH3 is 2. The average molecular weight is 337 g/mol. The van der Waals surface area contributed by atoms with E-state index in [1.54, 1.807) is 6.07 Å². The summed E-state index contributed by atoms with van der Waals surface area (Å²) in [7, 11) is 3.06. The fraction of sp³-hybridized carbons (Fsp3) is 0.158. The number of para-hydroxylation sites is 2. The molecule has 128 valence electrons. The van der Waals surface area contributed by atoms with E-state index in [0.29, 0.717) is 24.1 Å². The monoisotopic (exact) mass is 337 g/mol. The molecule has 0 saturated heterocycles. The van der Waals surface area contributed by atoms with Gasteiger partial charge in [0.1, 0.15) is 5.75 Å². The van der Waals surface area contributed by atoms with Gasteiger partial charge >= 0.3 is 6.01 Å². The van der Waals surface area contributed by atoms with Crippen LogP contribution in [0.5, 0.6) is 23.5 Å². The molecule has 0 radical (unpaired) electrons. The van der Waals surface area contributed by atoms with Gasteiger partial charge in [0.25, 0.3) is 0 Å². The molecule has 25 heavy (non-hydrogen) atoms. The van der Waals surface area contributed by atoms with E-state index in [9.17, 15) is 0 Å². The Morgan fingerprint density at radius 1 is 0.840 bits per heavy atom. The predicted octanol–water partition coefficient (Wildman–Crippen LogP) is 3.90. The topological polar surface area (TPSA) is 65.5 Å². The number of benzene rings is 2. The van der Waals surface area contributed by atoms with Gasteiger partial charge in [0.2, 0.25) is 11.8 Å². The Balaban J connectivity index is 1.79. The van der Waals surface area contributed by atoms with Crippen molar-refractivity contribution >= 4 is 5.69 Å². The highest BCUT2D eigenvalue weighted by Crippen LogP contribution is 2.27. The van der Waals surface area contributed by atoms with Crippen LogP contribution in [0.15, 0.2) is 60.7 Å². The number of hydrogen-bond donors (Lipinski definition) is 1. The van der Waals surface area contributed by atoms with Crippen molar-refractivity contribution in [2.45, 2.75) is 6.54 Å². The summed E-state index contributed by atoms with van der Waals surface area (Å²) in [5.41, 5.74) is 2.02. The van der Waals surface area contributed by atoms with Crippen molar-refractivity contribution in [3.63, 3.8) is 0 Å². The summed E-state index contributed by atoms with van der Waals surface area (Å²) >= 11 is 0. The second kappa shape index (κ2) is 8.01. The summed E-state index contributed by atoms with van der Waals surface area (Å²) < 4.78 is 16.2. The zero-order valence-electron chi connectivity index (χ0n) is 14.1. The maximum absolute atomic E-state index is 5.86. The lowest BCUT2D eigenvalue weighted by atomic mass is 10.2. The molecule has 0 amide bonds. The van der Waals surface area contributed by atoms with Crippen LogP contribution < -0.4 is 19.5 Å². The molecule has 0 unspecified atom stereocenters. The molecular formula is C19H19N3O3. The maximum Gasteiger partial charge on any atom is 0.328 e. The molecule has 3 aromatic rings. The summed E-state index contributed by atoms with van der Waals surface area (Å²) in [5, 5.41) is 3.36. The Labute approximate surface area is 146 Å². The van der Waals surface area contributed by atoms with Crippen LogP contribution in [0.1, 0.15) is 5.56 Å². The van der Waals surface area contributed by atoms with Gasteiger partial charge in [-0.15, -0.1) is 0 Å². The van der Waals surface area contributed by atoms with Crippen molar-refractivity contribution in [1.29, 1.82) is 0 Å². The van der Waals surface area contributed by atoms with Crippen LogP contribution >= 0.6 is 0 Å². The normalized spacial score (nSPS) is 10.2. The molecule has 0 bridgehead atoms. The summed E-state index contributed by atoms with van der Waals surface area (Å²) in [4.78, 5) is 8.40. The van der Waals surface area contributed by atoms with Crippen molar-refractivity contribution in [3.8, 4) is 23.5 Å². The Hall–Kier alpha value is -3.28. The lowest BCUT2D eigenvalue weighted by Crippen LogP contribution is -2.03. The summed E-state index contributed by atoms with van der Waals surface area (Å²) in [6.45, 7) is 0.612. The quantitative estimate of drug-likeness (QED) is 0.705. The highest BCUT2D eigenvalue weighted by Gasteiger charge is 2.10. The molecule has 0 spiro atoms. The fourth-order valence-corrected chi connectivity index (χ4v) is 2.24. The first-order chi connectivity index (χ1) is 12.3. The van der Waals surface area contributed by atoms with E-state index in [1.807, 2.05) is 54.6 Å². The smallest absolute Gasteiger partial charge is 0.328 e. The minimum Gasteiger partial charge on any atom is -0.481 e. The third kappa shape index (κ3) is 4.38. The third-order valence-electron chi connectivity index (χ3n) is 3.51. The van der Waals surface area contributed by atoms with E-state index in [1.165, 1.54) is 14.2 Å². The van der Waals surface area contributed by atoms with Crippen molar-refractivity contribution in [2.24, 2.45) is 0 Å². The van der Waals surface area contributed by atoms with Crippen LogP contribution in [-0.2, 0) is 6.54 Å². The van der Waals surface area contributed by atoms with E-state index in [2.05, 4.69) is 15.3 Å². The second-order valence-corrected chi connectivity index (χ2v) is 5.16. The molecule has 0 aliphatic rings. The van der Waals surface area contributed by atoms with Crippen LogP contribution in [0.4, 0.5) is 5.69 Å². The number of nitrogens with one attached hydrogen (secondary N) is 1. The van der Waals surface area contributed by atoms with Crippen molar-refractivity contribution < 1.29 is 14.2 Å². The molecule has 6 nitrogen and oxygen atoms in total. The zero-order valence-corrected chi connectivity index (χ0v) is 14.1. The van der Waals surface area contributed by atoms with Crippen molar-refractivity contribution in [1.82, 2.24) is 9.97 Å². The summed E-state index contributed by atoms with van der Waals surface area (Å²) in [6.07, 6.45) is 0. The largest absolute Gasteiger partial charge is 0.481 e. The summed E-state index contributed by atoms with van der Waals surface area (Å²) in [6, 6.07) is 19.5. The molecule has 0 atom stereocenters. The molecule has 1 heterocycles. The van der Waals surface area contributed by atoms with Gasteiger partial charge in [-0.1, -0.05) is 36.4 Å². The first-order valence-corrected chi connectivity index (χ1v) is 7.80. The Bertz CT molecular complexity index is 803. The molecule has 3 rings (SSSR count). The molecule has 1 N–H and O–H groups in total. The minimum atomic E-state index is 0.170. The van der Waals surface area contributed by atoms with Gasteiger partial charge in [0, 0.05) is 17.8 Å². The highest BCUT2D eigenvalue weighted by atomic mass is 16.5. The summed E-state index contributed by atoms with van der Waals surface area (Å²) in [5.74, 6) is 1.42. The number of rotatable bonds is 7. The van der Waals surface area contributed by atoms with Gasteiger partial charge in [-0.25, -0.2) is 0 Å². The van der Waals surface area contributed by atoms with Gasteiger partial charge in [0.05, 0.1) is 20.3 Å². The number of aromatic nitrogens is 2. The predicted molar refractivity (Wildman–Crippen MR) is 95.4 cm³/mol. The van der Waals surface area contributed by atoms with Crippen LogP contribution in [0.3, 0.4) is 0 Å². The van der Waals surface area contributed by atoms with Crippen molar-refractivity contribution in [3.05, 3.63) is 66.2 Å². The van der Waals surface area contributed by atoms with Crippen molar-refractivity contribution in [2.75, 3.05) is 19.5 Å². The Morgan fingerprint density at radius 3 is 2.16 bits per heavy atom. The van der Waals surface area contributed by atoms with Crippen LogP contribution in [-0.4, -0.2) is 24.2 Å². The molecule has 6 heteroatoms. The third-order valence-corrected chi connectivity index (χ3v) is 3.51. The van der Waals surface area contributed by atoms with E-state index >= 15 is 0 Å². The number of hydrogen-bond acceptors (Lipinski definition) is 6. The SMILES string of the molecule is COc1cc(OC)nc(Oc2ccccc2CNc2ccccc2)n1. The molecule has 0 aliphatic heterocycles. The standard InChI is InChI=1S/C19H19N3O3/c1-23-17-12-18(24-2)22-19(21-17)25-16-11-7-6-8-14(16)13-20-15-9-4-3-5-10-15/h3-12,20H,13H2,1-2H3. The van der Waals surface area contributed by atoms with E-state index in [0.717, 1.165) is 11.3 Å². The van der Waals surface area contributed by atoms with Crippen LogP contribution in [0, 0.1) is 0 Å². The zero-order chi connectivity index (χ0) is 17.5. The van der Waals surface area contributed by atoms with Gasteiger partial charge in [-0.2, -0.15) is 9.97 Å². The Morgan fingerprint density at radius 2 is 1.48 bits per heavy atom. The molecule has 1 aromatic heterocycles. The van der Waals surface area contributed by atoms with Crippen LogP contribution in [0.2, 0.25) is 0 Å². The van der Waals surface area contributed by atoms with E-state index in [-0.39, 0.29) is 6.01 Å². The molecular weight excluding hydrogens is 318 g/mol. The lowest BCUT2D eigenvalue weighted by molar-refractivity contribution is 0.347. The van der Waals surface area contributed by atoms with Crippen LogP contribution in [0.25, 0.3) is 0 Å². The first-order valence-electron chi connectivity index (χ1n) is 7.80. The lowest BCUT2D eigenvalue weighted by Gasteiger charge is -2.12. The number of anilines is 1. The number of ether oxygens (including phenoxy) is 3. The van der Waals surface area contributed by atoms with Gasteiger partial charge in [-0.3, -0.25) is 0 Å². The average Bonchev–Trinajstić information content (AvgIpc) is 2.67. The fourth-order valence-electron chi connectivity index (χ4n) is 2.24. The minimum absolute atomic E-state index is 0.170. The molecule has 0 fully saturated rings. The Kier molecular flexibility index (Phi) is 5.31. The molecule has 0 aliphatic carbocycles. The maximum atomic E-state index is 5.86. The van der Waals surface area contributed by atoms with Gasteiger partial charge in [-0.05, 0) is 18.2 Å².